The Labute approximate surface area is 115 Å². The van der Waals surface area contributed by atoms with Crippen LogP contribution in [0.4, 0.5) is 0 Å². The summed E-state index contributed by atoms with van der Waals surface area (Å²) in [6, 6.07) is 7.73. The van der Waals surface area contributed by atoms with Crippen LogP contribution in [0.2, 0.25) is 0 Å². The summed E-state index contributed by atoms with van der Waals surface area (Å²) in [5.74, 6) is -0.508. The molecule has 1 aromatic heterocycles. The molecule has 0 bridgehead atoms. The first-order chi connectivity index (χ1) is 9.58. The number of rotatable bonds is 4. The van der Waals surface area contributed by atoms with Gasteiger partial charge in [-0.2, -0.15) is 0 Å². The number of sulfonamides is 1. The summed E-state index contributed by atoms with van der Waals surface area (Å²) in [4.78, 5) is 12.1. The van der Waals surface area contributed by atoms with E-state index in [0.29, 0.717) is 5.69 Å². The van der Waals surface area contributed by atoms with Crippen LogP contribution in [0.3, 0.4) is 0 Å². The lowest BCUT2D eigenvalue weighted by Gasteiger charge is -2.06. The summed E-state index contributed by atoms with van der Waals surface area (Å²) >= 11 is 0. The zero-order valence-electron chi connectivity index (χ0n) is 10.4. The van der Waals surface area contributed by atoms with Gasteiger partial charge in [-0.15, -0.1) is 0 Å². The molecule has 104 valence electrons. The molecular weight excluding hydrogens is 280 g/mol. The van der Waals surface area contributed by atoms with Crippen LogP contribution in [-0.2, 0) is 10.0 Å². The number of hydrogen-bond acceptors (Lipinski definition) is 5. The summed E-state index contributed by atoms with van der Waals surface area (Å²) in [6.45, 7) is 0. The Morgan fingerprint density at radius 1 is 1.25 bits per heavy atom. The Bertz CT molecular complexity index is 733. The van der Waals surface area contributed by atoms with E-state index in [1.807, 2.05) is 4.72 Å². The number of carbonyl (C=O) groups is 1. The van der Waals surface area contributed by atoms with Crippen LogP contribution >= 0.6 is 0 Å². The van der Waals surface area contributed by atoms with Crippen molar-refractivity contribution in [3.05, 3.63) is 47.9 Å². The molecule has 2 aromatic rings. The first-order valence-corrected chi connectivity index (χ1v) is 7.63. The summed E-state index contributed by atoms with van der Waals surface area (Å²) in [5, 5.41) is 3.77. The van der Waals surface area contributed by atoms with Gasteiger partial charge in [-0.05, 0) is 25.0 Å². The number of carbonyl (C=O) groups excluding carboxylic acids is 1. The maximum absolute atomic E-state index is 12.1. The molecule has 0 aliphatic heterocycles. The number of amides is 1. The lowest BCUT2D eigenvalue weighted by atomic mass is 10.2. The van der Waals surface area contributed by atoms with Crippen LogP contribution in [0.25, 0.3) is 0 Å². The number of nitrogens with one attached hydrogen (secondary N) is 1. The first kappa shape index (κ1) is 12.9. The van der Waals surface area contributed by atoms with Crippen molar-refractivity contribution in [3.63, 3.8) is 0 Å². The molecule has 1 fully saturated rings. The Kier molecular flexibility index (Phi) is 3.06. The predicted octanol–water partition coefficient (Wildman–Crippen LogP) is 1.67. The maximum Gasteiger partial charge on any atom is 0.270 e. The molecule has 1 amide bonds. The number of benzene rings is 1. The molecule has 0 unspecified atom stereocenters. The van der Waals surface area contributed by atoms with E-state index in [4.69, 9.17) is 4.52 Å². The SMILES string of the molecule is O=C(NS(=O)(=O)c1ccccc1)c1conc1C1CC1. The van der Waals surface area contributed by atoms with Gasteiger partial charge in [-0.25, -0.2) is 13.1 Å². The van der Waals surface area contributed by atoms with Gasteiger partial charge in [0.05, 0.1) is 10.6 Å². The molecule has 1 N–H and O–H groups in total. The fraction of sp³-hybridized carbons (Fsp3) is 0.231. The van der Waals surface area contributed by atoms with Crippen LogP contribution in [-0.4, -0.2) is 19.5 Å². The molecule has 1 aromatic carbocycles. The van der Waals surface area contributed by atoms with Gasteiger partial charge < -0.3 is 4.52 Å². The molecule has 0 atom stereocenters. The monoisotopic (exact) mass is 292 g/mol. The molecule has 6 nitrogen and oxygen atoms in total. The largest absolute Gasteiger partial charge is 0.364 e. The summed E-state index contributed by atoms with van der Waals surface area (Å²) < 4.78 is 30.9. The average molecular weight is 292 g/mol. The van der Waals surface area contributed by atoms with Crippen molar-refractivity contribution < 1.29 is 17.7 Å². The molecule has 20 heavy (non-hydrogen) atoms. The fourth-order valence-electron chi connectivity index (χ4n) is 1.90. The fourth-order valence-corrected chi connectivity index (χ4v) is 2.89. The van der Waals surface area contributed by atoms with Crippen molar-refractivity contribution in [2.75, 3.05) is 0 Å². The molecule has 1 aliphatic carbocycles. The highest BCUT2D eigenvalue weighted by Crippen LogP contribution is 2.40. The van der Waals surface area contributed by atoms with Crippen LogP contribution in [0.1, 0.15) is 34.8 Å². The van der Waals surface area contributed by atoms with Crippen LogP contribution in [0.5, 0.6) is 0 Å². The molecule has 0 spiro atoms. The van der Waals surface area contributed by atoms with Gasteiger partial charge in [0.25, 0.3) is 15.9 Å². The van der Waals surface area contributed by atoms with Gasteiger partial charge in [0.15, 0.2) is 0 Å². The first-order valence-electron chi connectivity index (χ1n) is 6.14. The second-order valence-electron chi connectivity index (χ2n) is 4.64. The van der Waals surface area contributed by atoms with Crippen LogP contribution in [0, 0.1) is 0 Å². The molecule has 7 heteroatoms. The highest BCUT2D eigenvalue weighted by molar-refractivity contribution is 7.90. The highest BCUT2D eigenvalue weighted by Gasteiger charge is 2.32. The van der Waals surface area contributed by atoms with E-state index >= 15 is 0 Å². The summed E-state index contributed by atoms with van der Waals surface area (Å²) in [6.07, 6.45) is 3.07. The van der Waals surface area contributed by atoms with Crippen molar-refractivity contribution >= 4 is 15.9 Å². The van der Waals surface area contributed by atoms with Crippen molar-refractivity contribution in [2.24, 2.45) is 0 Å². The third kappa shape index (κ3) is 2.44. The lowest BCUT2D eigenvalue weighted by Crippen LogP contribution is -2.30. The third-order valence-electron chi connectivity index (χ3n) is 3.09. The zero-order valence-corrected chi connectivity index (χ0v) is 11.3. The zero-order chi connectivity index (χ0) is 14.2. The minimum absolute atomic E-state index is 0.0396. The van der Waals surface area contributed by atoms with E-state index in [2.05, 4.69) is 5.16 Å². The van der Waals surface area contributed by atoms with Crippen molar-refractivity contribution in [2.45, 2.75) is 23.7 Å². The molecule has 3 rings (SSSR count). The van der Waals surface area contributed by atoms with E-state index in [1.54, 1.807) is 18.2 Å². The quantitative estimate of drug-likeness (QED) is 0.925. The smallest absolute Gasteiger partial charge is 0.270 e. The standard InChI is InChI=1S/C13H12N2O4S/c16-13(11-8-19-14-12(11)9-6-7-9)15-20(17,18)10-4-2-1-3-5-10/h1-5,8-9H,6-7H2,(H,15,16). The van der Waals surface area contributed by atoms with Gasteiger partial charge in [-0.3, -0.25) is 4.79 Å². The Balaban J connectivity index is 1.84. The summed E-state index contributed by atoms with van der Waals surface area (Å²) in [5.41, 5.74) is 0.720. The Morgan fingerprint density at radius 2 is 1.95 bits per heavy atom. The maximum atomic E-state index is 12.1. The van der Waals surface area contributed by atoms with Crippen molar-refractivity contribution in [3.8, 4) is 0 Å². The lowest BCUT2D eigenvalue weighted by molar-refractivity contribution is 0.0980. The minimum Gasteiger partial charge on any atom is -0.364 e. The van der Waals surface area contributed by atoms with E-state index in [-0.39, 0.29) is 16.4 Å². The van der Waals surface area contributed by atoms with Gasteiger partial charge in [0, 0.05) is 5.92 Å². The Hall–Kier alpha value is -2.15. The predicted molar refractivity (Wildman–Crippen MR) is 69.6 cm³/mol. The number of nitrogens with zero attached hydrogens (tertiary/aromatic N) is 1. The summed E-state index contributed by atoms with van der Waals surface area (Å²) in [7, 11) is -3.88. The van der Waals surface area contributed by atoms with Crippen LogP contribution < -0.4 is 4.72 Å². The van der Waals surface area contributed by atoms with Crippen molar-refractivity contribution in [1.29, 1.82) is 0 Å². The van der Waals surface area contributed by atoms with Crippen molar-refractivity contribution in [1.82, 2.24) is 9.88 Å². The van der Waals surface area contributed by atoms with E-state index in [1.165, 1.54) is 18.4 Å². The molecular formula is C13H12N2O4S. The second-order valence-corrected chi connectivity index (χ2v) is 6.32. The molecule has 1 aliphatic rings. The molecule has 1 heterocycles. The average Bonchev–Trinajstić information content (AvgIpc) is 3.16. The van der Waals surface area contributed by atoms with Gasteiger partial charge >= 0.3 is 0 Å². The number of aromatic nitrogens is 1. The topological polar surface area (TPSA) is 89.3 Å². The molecule has 0 saturated heterocycles. The van der Waals surface area contributed by atoms with E-state index in [9.17, 15) is 13.2 Å². The van der Waals surface area contributed by atoms with E-state index < -0.39 is 15.9 Å². The number of hydrogen-bond donors (Lipinski definition) is 1. The Morgan fingerprint density at radius 3 is 2.60 bits per heavy atom. The molecule has 0 radical (unpaired) electrons. The van der Waals surface area contributed by atoms with Gasteiger partial charge in [-0.1, -0.05) is 23.4 Å². The van der Waals surface area contributed by atoms with Crippen LogP contribution in [0.15, 0.2) is 46.0 Å². The highest BCUT2D eigenvalue weighted by atomic mass is 32.2. The van der Waals surface area contributed by atoms with Gasteiger partial charge in [0.2, 0.25) is 0 Å². The second kappa shape index (κ2) is 4.75. The molecule has 1 saturated carbocycles. The van der Waals surface area contributed by atoms with E-state index in [0.717, 1.165) is 12.8 Å². The normalized spacial score (nSPS) is 15.0. The minimum atomic E-state index is -3.88. The van der Waals surface area contributed by atoms with Gasteiger partial charge in [0.1, 0.15) is 11.8 Å². The third-order valence-corrected chi connectivity index (χ3v) is 4.43.